The summed E-state index contributed by atoms with van der Waals surface area (Å²) in [5.74, 6) is -1.37. The highest BCUT2D eigenvalue weighted by Gasteiger charge is 2.37. The number of thioether (sulfide) groups is 1. The quantitative estimate of drug-likeness (QED) is 0.485. The molecule has 0 saturated carbocycles. The molecule has 0 bridgehead atoms. The van der Waals surface area contributed by atoms with Gasteiger partial charge in [-0.25, -0.2) is 0 Å². The van der Waals surface area contributed by atoms with Crippen LogP contribution >= 0.6 is 11.8 Å². The molecule has 158 valence electrons. The second-order valence-electron chi connectivity index (χ2n) is 6.55. The van der Waals surface area contributed by atoms with Gasteiger partial charge in [-0.05, 0) is 43.8 Å². The summed E-state index contributed by atoms with van der Waals surface area (Å²) >= 11 is 0.601. The van der Waals surface area contributed by atoms with Crippen LogP contribution in [0.5, 0.6) is 0 Å². The molecule has 0 radical (unpaired) electrons. The molecule has 0 aliphatic carbocycles. The summed E-state index contributed by atoms with van der Waals surface area (Å²) < 4.78 is 50.0. The van der Waals surface area contributed by atoms with Gasteiger partial charge in [0.2, 0.25) is 0 Å². The molecule has 2 aromatic rings. The Morgan fingerprint density at radius 1 is 1.20 bits per heavy atom. The molecule has 3 rings (SSSR count). The summed E-state index contributed by atoms with van der Waals surface area (Å²) in [4.78, 5) is 36.9. The zero-order valence-electron chi connectivity index (χ0n) is 15.9. The highest BCUT2D eigenvalue weighted by molar-refractivity contribution is 8.18. The van der Waals surface area contributed by atoms with E-state index in [4.69, 9.17) is 9.15 Å². The lowest BCUT2D eigenvalue weighted by molar-refractivity contribution is -0.149. The molecule has 6 nitrogen and oxygen atoms in total. The smallest absolute Gasteiger partial charge is 0.417 e. The third-order valence-corrected chi connectivity index (χ3v) is 4.83. The first-order valence-electron chi connectivity index (χ1n) is 8.77. The van der Waals surface area contributed by atoms with Crippen molar-refractivity contribution in [2.75, 3.05) is 6.54 Å². The van der Waals surface area contributed by atoms with Gasteiger partial charge in [0.05, 0.1) is 16.6 Å². The molecule has 1 aromatic carbocycles. The van der Waals surface area contributed by atoms with Crippen molar-refractivity contribution < 1.29 is 36.7 Å². The zero-order chi connectivity index (χ0) is 22.1. The third-order valence-electron chi connectivity index (χ3n) is 3.93. The van der Waals surface area contributed by atoms with Gasteiger partial charge in [0.15, 0.2) is 0 Å². The Morgan fingerprint density at radius 3 is 2.57 bits per heavy atom. The fourth-order valence-corrected chi connectivity index (χ4v) is 3.53. The summed E-state index contributed by atoms with van der Waals surface area (Å²) in [5.41, 5.74) is -0.996. The fourth-order valence-electron chi connectivity index (χ4n) is 2.72. The van der Waals surface area contributed by atoms with Crippen molar-refractivity contribution in [2.45, 2.75) is 26.1 Å². The number of imide groups is 1. The van der Waals surface area contributed by atoms with Crippen molar-refractivity contribution in [2.24, 2.45) is 0 Å². The van der Waals surface area contributed by atoms with Crippen LogP contribution < -0.4 is 0 Å². The number of halogens is 3. The number of ether oxygens (including phenoxy) is 1. The van der Waals surface area contributed by atoms with Crippen molar-refractivity contribution in [3.63, 3.8) is 0 Å². The number of hydrogen-bond donors (Lipinski definition) is 0. The number of amides is 2. The molecule has 1 fully saturated rings. The number of esters is 1. The number of carbonyl (C=O) groups excluding carboxylic acids is 3. The topological polar surface area (TPSA) is 76.8 Å². The Balaban J connectivity index is 1.82. The first-order chi connectivity index (χ1) is 14.1. The van der Waals surface area contributed by atoms with Crippen LogP contribution in [0, 0.1) is 0 Å². The van der Waals surface area contributed by atoms with Gasteiger partial charge < -0.3 is 9.15 Å². The summed E-state index contributed by atoms with van der Waals surface area (Å²) in [6, 6.07) is 7.69. The van der Waals surface area contributed by atoms with Crippen molar-refractivity contribution >= 4 is 35.0 Å². The number of hydrogen-bond acceptors (Lipinski definition) is 6. The normalized spacial score (nSPS) is 16.1. The van der Waals surface area contributed by atoms with Gasteiger partial charge in [-0.1, -0.05) is 18.2 Å². The van der Waals surface area contributed by atoms with E-state index in [-0.39, 0.29) is 22.0 Å². The molecule has 1 aromatic heterocycles. The molecule has 1 saturated heterocycles. The maximum atomic E-state index is 13.2. The predicted octanol–water partition coefficient (Wildman–Crippen LogP) is 4.95. The van der Waals surface area contributed by atoms with Crippen LogP contribution in [0.3, 0.4) is 0 Å². The predicted molar refractivity (Wildman–Crippen MR) is 103 cm³/mol. The van der Waals surface area contributed by atoms with E-state index in [1.807, 2.05) is 0 Å². The van der Waals surface area contributed by atoms with E-state index in [1.54, 1.807) is 13.8 Å². The SMILES string of the molecule is CC(C)OC(=O)CN1C(=O)S/C(=C\c2ccc(-c3ccccc3C(F)(F)F)o2)C1=O. The highest BCUT2D eigenvalue weighted by atomic mass is 32.2. The molecule has 2 heterocycles. The maximum Gasteiger partial charge on any atom is 0.417 e. The number of nitrogens with zero attached hydrogens (tertiary/aromatic N) is 1. The van der Waals surface area contributed by atoms with Gasteiger partial charge in [-0.15, -0.1) is 0 Å². The molecule has 1 aliphatic rings. The molecular weight excluding hydrogens is 423 g/mol. The van der Waals surface area contributed by atoms with E-state index in [0.717, 1.165) is 11.0 Å². The second kappa shape index (κ2) is 8.39. The summed E-state index contributed by atoms with van der Waals surface area (Å²) in [7, 11) is 0. The number of furan rings is 1. The monoisotopic (exact) mass is 439 g/mol. The largest absolute Gasteiger partial charge is 0.462 e. The van der Waals surface area contributed by atoms with Crippen LogP contribution in [-0.2, 0) is 20.5 Å². The van der Waals surface area contributed by atoms with Gasteiger partial charge in [0.25, 0.3) is 11.1 Å². The van der Waals surface area contributed by atoms with Crippen molar-refractivity contribution in [1.29, 1.82) is 0 Å². The zero-order valence-corrected chi connectivity index (χ0v) is 16.7. The van der Waals surface area contributed by atoms with Gasteiger partial charge >= 0.3 is 12.1 Å². The molecule has 0 atom stereocenters. The Hall–Kier alpha value is -3.01. The van der Waals surface area contributed by atoms with E-state index in [1.165, 1.54) is 36.4 Å². The molecule has 0 unspecified atom stereocenters. The summed E-state index contributed by atoms with van der Waals surface area (Å²) in [5, 5.41) is -0.652. The average Bonchev–Trinajstić information content (AvgIpc) is 3.21. The molecular formula is C20H16F3NO5S. The number of benzene rings is 1. The minimum atomic E-state index is -4.56. The number of rotatable bonds is 5. The Kier molecular flexibility index (Phi) is 6.06. The van der Waals surface area contributed by atoms with Crippen LogP contribution in [0.1, 0.15) is 25.2 Å². The molecule has 2 amide bonds. The first kappa shape index (κ1) is 21.7. The Labute approximate surface area is 173 Å². The van der Waals surface area contributed by atoms with Crippen LogP contribution in [0.25, 0.3) is 17.4 Å². The van der Waals surface area contributed by atoms with E-state index in [9.17, 15) is 27.6 Å². The highest BCUT2D eigenvalue weighted by Crippen LogP contribution is 2.38. The Bertz CT molecular complexity index is 1030. The van der Waals surface area contributed by atoms with Crippen LogP contribution in [-0.4, -0.2) is 34.7 Å². The molecule has 10 heteroatoms. The fraction of sp³-hybridized carbons (Fsp3) is 0.250. The van der Waals surface area contributed by atoms with Crippen LogP contribution in [0.2, 0.25) is 0 Å². The van der Waals surface area contributed by atoms with E-state index >= 15 is 0 Å². The lowest BCUT2D eigenvalue weighted by Gasteiger charge is -2.13. The first-order valence-corrected chi connectivity index (χ1v) is 9.59. The standard InChI is InChI=1S/C20H16F3NO5S/c1-11(2)28-17(25)10-24-18(26)16(30-19(24)27)9-12-7-8-15(29-12)13-5-3-4-6-14(13)20(21,22)23/h3-9,11H,10H2,1-2H3/b16-9-. The molecule has 1 aliphatic heterocycles. The van der Waals surface area contributed by atoms with Crippen molar-refractivity contribution in [1.82, 2.24) is 4.90 Å². The Morgan fingerprint density at radius 2 is 1.90 bits per heavy atom. The van der Waals surface area contributed by atoms with E-state index in [0.29, 0.717) is 11.8 Å². The van der Waals surface area contributed by atoms with Gasteiger partial charge in [0, 0.05) is 11.6 Å². The van der Waals surface area contributed by atoms with Gasteiger partial charge in [-0.2, -0.15) is 13.2 Å². The average molecular weight is 439 g/mol. The molecule has 0 N–H and O–H groups in total. The molecule has 30 heavy (non-hydrogen) atoms. The van der Waals surface area contributed by atoms with Crippen LogP contribution in [0.15, 0.2) is 45.7 Å². The maximum absolute atomic E-state index is 13.2. The van der Waals surface area contributed by atoms with Gasteiger partial charge in [-0.3, -0.25) is 19.3 Å². The summed E-state index contributed by atoms with van der Waals surface area (Å²) in [6.45, 7) is 2.75. The molecule has 0 spiro atoms. The summed E-state index contributed by atoms with van der Waals surface area (Å²) in [6.07, 6.45) is -3.70. The minimum absolute atomic E-state index is 0.0117. The van der Waals surface area contributed by atoms with Gasteiger partial charge in [0.1, 0.15) is 18.1 Å². The van der Waals surface area contributed by atoms with Crippen molar-refractivity contribution in [3.8, 4) is 11.3 Å². The third kappa shape index (κ3) is 4.76. The van der Waals surface area contributed by atoms with E-state index in [2.05, 4.69) is 0 Å². The second-order valence-corrected chi connectivity index (χ2v) is 7.55. The lowest BCUT2D eigenvalue weighted by atomic mass is 10.1. The van der Waals surface area contributed by atoms with Crippen LogP contribution in [0.4, 0.5) is 18.0 Å². The van der Waals surface area contributed by atoms with Crippen molar-refractivity contribution in [3.05, 3.63) is 52.6 Å². The minimum Gasteiger partial charge on any atom is -0.462 e. The van der Waals surface area contributed by atoms with E-state index < -0.39 is 41.5 Å². The number of alkyl halides is 3. The lowest BCUT2D eigenvalue weighted by Crippen LogP contribution is -2.35. The number of carbonyl (C=O) groups is 3.